The van der Waals surface area contributed by atoms with E-state index in [2.05, 4.69) is 27.6 Å². The second-order valence-corrected chi connectivity index (χ2v) is 5.44. The average molecular weight is 303 g/mol. The first kappa shape index (κ1) is 8.96. The standard InChI is InChI=1S/C9H6INOS/c10-8-5-11-9(13-8)6-1-3-7(12)4-2-6/h1-5,12H. The van der Waals surface area contributed by atoms with E-state index in [1.807, 2.05) is 18.3 Å². The van der Waals surface area contributed by atoms with Crippen LogP contribution in [0, 0.1) is 2.88 Å². The summed E-state index contributed by atoms with van der Waals surface area (Å²) in [6.45, 7) is 0. The van der Waals surface area contributed by atoms with Crippen LogP contribution >= 0.6 is 33.9 Å². The third kappa shape index (κ3) is 2.00. The van der Waals surface area contributed by atoms with Crippen LogP contribution < -0.4 is 0 Å². The highest BCUT2D eigenvalue weighted by molar-refractivity contribution is 14.1. The van der Waals surface area contributed by atoms with Crippen molar-refractivity contribution in [3.05, 3.63) is 33.3 Å². The molecule has 0 aliphatic heterocycles. The SMILES string of the molecule is Oc1ccc(-c2ncc(I)s2)cc1. The van der Waals surface area contributed by atoms with Crippen molar-refractivity contribution >= 4 is 33.9 Å². The predicted molar refractivity (Wildman–Crippen MR) is 61.9 cm³/mol. The van der Waals surface area contributed by atoms with Crippen LogP contribution in [0.3, 0.4) is 0 Å². The summed E-state index contributed by atoms with van der Waals surface area (Å²) < 4.78 is 1.17. The molecule has 0 aliphatic carbocycles. The van der Waals surface area contributed by atoms with E-state index in [-0.39, 0.29) is 5.75 Å². The highest BCUT2D eigenvalue weighted by Gasteiger charge is 2.01. The Hall–Kier alpha value is -0.620. The number of hydrogen-bond donors (Lipinski definition) is 1. The molecule has 0 radical (unpaired) electrons. The molecule has 1 N–H and O–H groups in total. The zero-order valence-electron chi connectivity index (χ0n) is 6.57. The van der Waals surface area contributed by atoms with E-state index >= 15 is 0 Å². The molecule has 0 bridgehead atoms. The van der Waals surface area contributed by atoms with Gasteiger partial charge in [-0.2, -0.15) is 0 Å². The van der Waals surface area contributed by atoms with Gasteiger partial charge in [0.1, 0.15) is 10.8 Å². The fraction of sp³-hybridized carbons (Fsp3) is 0. The third-order valence-electron chi connectivity index (χ3n) is 1.59. The molecule has 0 spiro atoms. The summed E-state index contributed by atoms with van der Waals surface area (Å²) in [5.41, 5.74) is 1.05. The van der Waals surface area contributed by atoms with Crippen molar-refractivity contribution in [2.45, 2.75) is 0 Å². The molecule has 2 aromatic rings. The van der Waals surface area contributed by atoms with Gasteiger partial charge in [0.2, 0.25) is 0 Å². The molecule has 2 rings (SSSR count). The lowest BCUT2D eigenvalue weighted by Crippen LogP contribution is -1.73. The third-order valence-corrected chi connectivity index (χ3v) is 3.37. The van der Waals surface area contributed by atoms with E-state index in [1.165, 1.54) is 2.88 Å². The van der Waals surface area contributed by atoms with Gasteiger partial charge >= 0.3 is 0 Å². The first-order valence-electron chi connectivity index (χ1n) is 3.66. The van der Waals surface area contributed by atoms with E-state index in [0.29, 0.717) is 0 Å². The Labute approximate surface area is 93.4 Å². The smallest absolute Gasteiger partial charge is 0.124 e. The number of rotatable bonds is 1. The molecule has 0 saturated heterocycles. The topological polar surface area (TPSA) is 33.1 Å². The van der Waals surface area contributed by atoms with Crippen LogP contribution in [0.15, 0.2) is 30.5 Å². The Morgan fingerprint density at radius 2 is 1.92 bits per heavy atom. The monoisotopic (exact) mass is 303 g/mol. The number of halogens is 1. The quantitative estimate of drug-likeness (QED) is 0.821. The number of phenols is 1. The second kappa shape index (κ2) is 3.63. The Morgan fingerprint density at radius 3 is 2.46 bits per heavy atom. The summed E-state index contributed by atoms with van der Waals surface area (Å²) in [7, 11) is 0. The van der Waals surface area contributed by atoms with E-state index < -0.39 is 0 Å². The molecule has 66 valence electrons. The van der Waals surface area contributed by atoms with Gasteiger partial charge in [-0.1, -0.05) is 0 Å². The lowest BCUT2D eigenvalue weighted by Gasteiger charge is -1.95. The molecular weight excluding hydrogens is 297 g/mol. The molecule has 1 aromatic carbocycles. The molecule has 13 heavy (non-hydrogen) atoms. The largest absolute Gasteiger partial charge is 0.508 e. The van der Waals surface area contributed by atoms with Gasteiger partial charge in [0, 0.05) is 5.56 Å². The number of benzene rings is 1. The summed E-state index contributed by atoms with van der Waals surface area (Å²) in [5.74, 6) is 0.287. The van der Waals surface area contributed by atoms with Crippen molar-refractivity contribution in [1.29, 1.82) is 0 Å². The molecule has 0 saturated carbocycles. The average Bonchev–Trinajstić information content (AvgIpc) is 2.53. The molecular formula is C9H6INOS. The van der Waals surface area contributed by atoms with Crippen molar-refractivity contribution < 1.29 is 5.11 Å². The van der Waals surface area contributed by atoms with E-state index in [0.717, 1.165) is 10.6 Å². The van der Waals surface area contributed by atoms with Gasteiger partial charge in [-0.15, -0.1) is 11.3 Å². The molecule has 2 nitrogen and oxygen atoms in total. The van der Waals surface area contributed by atoms with Gasteiger partial charge in [0.05, 0.1) is 9.08 Å². The maximum absolute atomic E-state index is 9.09. The fourth-order valence-corrected chi connectivity index (χ4v) is 2.41. The van der Waals surface area contributed by atoms with Crippen LogP contribution in [-0.2, 0) is 0 Å². The number of thiazole rings is 1. The van der Waals surface area contributed by atoms with Crippen molar-refractivity contribution in [1.82, 2.24) is 4.98 Å². The van der Waals surface area contributed by atoms with E-state index in [1.54, 1.807) is 23.5 Å². The predicted octanol–water partition coefficient (Wildman–Crippen LogP) is 3.12. The normalized spacial score (nSPS) is 10.2. The lowest BCUT2D eigenvalue weighted by molar-refractivity contribution is 0.475. The number of nitrogens with zero attached hydrogens (tertiary/aromatic N) is 1. The van der Waals surface area contributed by atoms with Gasteiger partial charge in [-0.3, -0.25) is 0 Å². The number of phenolic OH excluding ortho intramolecular Hbond substituents is 1. The van der Waals surface area contributed by atoms with Crippen LogP contribution in [0.1, 0.15) is 0 Å². The molecule has 0 unspecified atom stereocenters. The van der Waals surface area contributed by atoms with Gasteiger partial charge in [0.25, 0.3) is 0 Å². The lowest BCUT2D eigenvalue weighted by atomic mass is 10.2. The molecule has 1 heterocycles. The first-order valence-corrected chi connectivity index (χ1v) is 5.56. The Bertz CT molecular complexity index is 410. The minimum Gasteiger partial charge on any atom is -0.508 e. The number of hydrogen-bond acceptors (Lipinski definition) is 3. The van der Waals surface area contributed by atoms with Gasteiger partial charge in [0.15, 0.2) is 0 Å². The summed E-state index contributed by atoms with van der Waals surface area (Å²) in [4.78, 5) is 4.25. The fourth-order valence-electron chi connectivity index (χ4n) is 0.992. The minimum atomic E-state index is 0.287. The number of aromatic hydroxyl groups is 1. The second-order valence-electron chi connectivity index (χ2n) is 2.52. The van der Waals surface area contributed by atoms with Gasteiger partial charge in [-0.05, 0) is 46.9 Å². The highest BCUT2D eigenvalue weighted by Crippen LogP contribution is 2.26. The Balaban J connectivity index is 2.41. The van der Waals surface area contributed by atoms with Crippen molar-refractivity contribution in [2.24, 2.45) is 0 Å². The van der Waals surface area contributed by atoms with Crippen LogP contribution in [0.5, 0.6) is 5.75 Å². The summed E-state index contributed by atoms with van der Waals surface area (Å²) in [6.07, 6.45) is 1.84. The molecule has 0 atom stereocenters. The summed E-state index contributed by atoms with van der Waals surface area (Å²) in [6, 6.07) is 7.07. The summed E-state index contributed by atoms with van der Waals surface area (Å²) >= 11 is 3.88. The first-order chi connectivity index (χ1) is 6.25. The Kier molecular flexibility index (Phi) is 2.50. The zero-order chi connectivity index (χ0) is 9.26. The number of aromatic nitrogens is 1. The Morgan fingerprint density at radius 1 is 1.23 bits per heavy atom. The van der Waals surface area contributed by atoms with Crippen molar-refractivity contribution in [3.8, 4) is 16.3 Å². The minimum absolute atomic E-state index is 0.287. The molecule has 1 aromatic heterocycles. The molecule has 0 fully saturated rings. The van der Waals surface area contributed by atoms with Crippen LogP contribution in [-0.4, -0.2) is 10.1 Å². The van der Waals surface area contributed by atoms with Gasteiger partial charge < -0.3 is 5.11 Å². The maximum Gasteiger partial charge on any atom is 0.124 e. The van der Waals surface area contributed by atoms with Crippen LogP contribution in [0.2, 0.25) is 0 Å². The van der Waals surface area contributed by atoms with Crippen LogP contribution in [0.25, 0.3) is 10.6 Å². The van der Waals surface area contributed by atoms with Gasteiger partial charge in [-0.25, -0.2) is 4.98 Å². The molecule has 4 heteroatoms. The van der Waals surface area contributed by atoms with E-state index in [9.17, 15) is 0 Å². The highest BCUT2D eigenvalue weighted by atomic mass is 127. The molecule has 0 aliphatic rings. The summed E-state index contributed by atoms with van der Waals surface area (Å²) in [5, 5.41) is 10.1. The van der Waals surface area contributed by atoms with Crippen molar-refractivity contribution in [3.63, 3.8) is 0 Å². The zero-order valence-corrected chi connectivity index (χ0v) is 9.54. The van der Waals surface area contributed by atoms with Crippen LogP contribution in [0.4, 0.5) is 0 Å². The van der Waals surface area contributed by atoms with E-state index in [4.69, 9.17) is 5.11 Å². The molecule has 0 amide bonds. The van der Waals surface area contributed by atoms with Crippen molar-refractivity contribution in [2.75, 3.05) is 0 Å². The maximum atomic E-state index is 9.09.